The number of thioether (sulfide) groups is 1. The number of benzene rings is 1. The lowest BCUT2D eigenvalue weighted by atomic mass is 9.86. The maximum atomic E-state index is 12.8. The molecule has 0 fully saturated rings. The third-order valence-electron chi connectivity index (χ3n) is 5.02. The Morgan fingerprint density at radius 1 is 1.14 bits per heavy atom. The molecule has 0 radical (unpaired) electrons. The molecule has 0 atom stereocenters. The van der Waals surface area contributed by atoms with E-state index in [9.17, 15) is 4.79 Å². The van der Waals surface area contributed by atoms with Gasteiger partial charge in [0.05, 0.1) is 5.39 Å². The average Bonchev–Trinajstić information content (AvgIpc) is 3.09. The van der Waals surface area contributed by atoms with E-state index in [2.05, 4.69) is 68.8 Å². The molecule has 3 rings (SSSR count). The fourth-order valence-electron chi connectivity index (χ4n) is 3.17. The first kappa shape index (κ1) is 21.1. The summed E-state index contributed by atoms with van der Waals surface area (Å²) in [7, 11) is 0. The van der Waals surface area contributed by atoms with Crippen molar-refractivity contribution in [2.75, 3.05) is 25.4 Å². The maximum Gasteiger partial charge on any atom is 0.260 e. The molecule has 0 aliphatic carbocycles. The second-order valence-corrected chi connectivity index (χ2v) is 9.85. The van der Waals surface area contributed by atoms with E-state index in [4.69, 9.17) is 4.98 Å². The number of aromatic nitrogens is 2. The number of aromatic amines is 1. The normalized spacial score (nSPS) is 12.2. The summed E-state index contributed by atoms with van der Waals surface area (Å²) in [4.78, 5) is 23.6. The molecule has 2 aromatic heterocycles. The Labute approximate surface area is 175 Å². The number of hydrogen-bond donors (Lipinski definition) is 1. The SMILES string of the molecule is CCN(CC)CCSc1nc2scc(-c3ccc(C(C)(C)C)cc3)c2c(=O)[nH]1. The topological polar surface area (TPSA) is 49.0 Å². The Balaban J connectivity index is 1.84. The number of hydrogen-bond acceptors (Lipinski definition) is 5. The molecule has 6 heteroatoms. The van der Waals surface area contributed by atoms with E-state index < -0.39 is 0 Å². The molecular formula is C22H29N3OS2. The molecule has 1 aromatic carbocycles. The lowest BCUT2D eigenvalue weighted by molar-refractivity contribution is 0.324. The first-order valence-electron chi connectivity index (χ1n) is 9.81. The molecule has 1 N–H and O–H groups in total. The average molecular weight is 416 g/mol. The van der Waals surface area contributed by atoms with Crippen molar-refractivity contribution in [1.29, 1.82) is 0 Å². The predicted octanol–water partition coefficient (Wildman–Crippen LogP) is 5.38. The van der Waals surface area contributed by atoms with Gasteiger partial charge in [-0.3, -0.25) is 4.79 Å². The molecule has 0 amide bonds. The number of nitrogens with one attached hydrogen (secondary N) is 1. The Morgan fingerprint density at radius 3 is 2.43 bits per heavy atom. The molecule has 3 aromatic rings. The van der Waals surface area contributed by atoms with Crippen LogP contribution in [0.1, 0.15) is 40.2 Å². The quantitative estimate of drug-likeness (QED) is 0.415. The molecule has 0 saturated carbocycles. The van der Waals surface area contributed by atoms with Gasteiger partial charge in [0.15, 0.2) is 5.16 Å². The second kappa shape index (κ2) is 8.80. The van der Waals surface area contributed by atoms with E-state index in [-0.39, 0.29) is 11.0 Å². The lowest BCUT2D eigenvalue weighted by Crippen LogP contribution is -2.25. The van der Waals surface area contributed by atoms with Crippen molar-refractivity contribution < 1.29 is 0 Å². The van der Waals surface area contributed by atoms with E-state index in [1.54, 1.807) is 23.1 Å². The van der Waals surface area contributed by atoms with Crippen LogP contribution in [0.25, 0.3) is 21.3 Å². The Kier molecular flexibility index (Phi) is 6.63. The number of H-pyrrole nitrogens is 1. The number of nitrogens with zero attached hydrogens (tertiary/aromatic N) is 2. The minimum Gasteiger partial charge on any atom is -0.303 e. The van der Waals surface area contributed by atoms with Gasteiger partial charge in [0.2, 0.25) is 0 Å². The van der Waals surface area contributed by atoms with Crippen LogP contribution >= 0.6 is 23.1 Å². The predicted molar refractivity (Wildman–Crippen MR) is 123 cm³/mol. The van der Waals surface area contributed by atoms with Gasteiger partial charge in [0.25, 0.3) is 5.56 Å². The van der Waals surface area contributed by atoms with Crippen molar-refractivity contribution in [3.05, 3.63) is 45.6 Å². The van der Waals surface area contributed by atoms with Gasteiger partial charge in [-0.05, 0) is 29.6 Å². The van der Waals surface area contributed by atoms with Crippen molar-refractivity contribution in [2.24, 2.45) is 0 Å². The molecule has 4 nitrogen and oxygen atoms in total. The standard InChI is InChI=1S/C22H29N3OS2/c1-6-25(7-2)12-13-27-21-23-19(26)18-17(14-28-20(18)24-21)15-8-10-16(11-9-15)22(3,4)5/h8-11,14H,6-7,12-13H2,1-5H3,(H,23,24,26). The molecule has 2 heterocycles. The van der Waals surface area contributed by atoms with Crippen molar-refractivity contribution in [2.45, 2.75) is 45.2 Å². The monoisotopic (exact) mass is 415 g/mol. The second-order valence-electron chi connectivity index (χ2n) is 7.90. The third-order valence-corrected chi connectivity index (χ3v) is 6.75. The fourth-order valence-corrected chi connectivity index (χ4v) is 5.04. The molecule has 0 aliphatic rings. The highest BCUT2D eigenvalue weighted by atomic mass is 32.2. The summed E-state index contributed by atoms with van der Waals surface area (Å²) in [6, 6.07) is 8.51. The first-order valence-corrected chi connectivity index (χ1v) is 11.7. The van der Waals surface area contributed by atoms with Gasteiger partial charge in [-0.1, -0.05) is 70.6 Å². The van der Waals surface area contributed by atoms with Gasteiger partial charge in [0.1, 0.15) is 4.83 Å². The van der Waals surface area contributed by atoms with Gasteiger partial charge in [-0.2, -0.15) is 0 Å². The zero-order valence-corrected chi connectivity index (χ0v) is 19.0. The summed E-state index contributed by atoms with van der Waals surface area (Å²) in [5.41, 5.74) is 3.38. The van der Waals surface area contributed by atoms with Crippen LogP contribution < -0.4 is 5.56 Å². The van der Waals surface area contributed by atoms with Crippen molar-refractivity contribution >= 4 is 33.3 Å². The maximum absolute atomic E-state index is 12.8. The van der Waals surface area contributed by atoms with Crippen LogP contribution in [0.5, 0.6) is 0 Å². The molecule has 0 spiro atoms. The van der Waals surface area contributed by atoms with Crippen LogP contribution in [0.2, 0.25) is 0 Å². The molecule has 0 bridgehead atoms. The minimum atomic E-state index is -0.0495. The van der Waals surface area contributed by atoms with Gasteiger partial charge in [-0.25, -0.2) is 4.98 Å². The summed E-state index contributed by atoms with van der Waals surface area (Å²) in [5.74, 6) is 0.919. The van der Waals surface area contributed by atoms with Crippen LogP contribution in [0.3, 0.4) is 0 Å². The van der Waals surface area contributed by atoms with Crippen molar-refractivity contribution in [3.8, 4) is 11.1 Å². The zero-order chi connectivity index (χ0) is 20.3. The van der Waals surface area contributed by atoms with E-state index in [0.717, 1.165) is 41.3 Å². The Morgan fingerprint density at radius 2 is 1.82 bits per heavy atom. The van der Waals surface area contributed by atoms with Crippen LogP contribution in [0, 0.1) is 0 Å². The number of rotatable bonds is 7. The van der Waals surface area contributed by atoms with Crippen LogP contribution in [-0.2, 0) is 5.41 Å². The summed E-state index contributed by atoms with van der Waals surface area (Å²) < 4.78 is 0. The van der Waals surface area contributed by atoms with Gasteiger partial charge in [-0.15, -0.1) is 11.3 Å². The number of thiophene rings is 1. The van der Waals surface area contributed by atoms with Crippen LogP contribution in [0.15, 0.2) is 39.6 Å². The highest BCUT2D eigenvalue weighted by Gasteiger charge is 2.16. The lowest BCUT2D eigenvalue weighted by Gasteiger charge is -2.19. The summed E-state index contributed by atoms with van der Waals surface area (Å²) in [6.45, 7) is 14.0. The van der Waals surface area contributed by atoms with Crippen LogP contribution in [0.4, 0.5) is 0 Å². The Bertz CT molecular complexity index is 980. The minimum absolute atomic E-state index is 0.0495. The molecule has 0 saturated heterocycles. The third kappa shape index (κ3) is 4.67. The fraction of sp³-hybridized carbons (Fsp3) is 0.455. The van der Waals surface area contributed by atoms with Gasteiger partial charge >= 0.3 is 0 Å². The molecule has 0 unspecified atom stereocenters. The van der Waals surface area contributed by atoms with E-state index in [0.29, 0.717) is 10.5 Å². The molecular weight excluding hydrogens is 386 g/mol. The number of fused-ring (bicyclic) bond motifs is 1. The molecule has 150 valence electrons. The van der Waals surface area contributed by atoms with Crippen molar-refractivity contribution in [3.63, 3.8) is 0 Å². The van der Waals surface area contributed by atoms with E-state index >= 15 is 0 Å². The summed E-state index contributed by atoms with van der Waals surface area (Å²) in [5, 5.41) is 3.45. The molecule has 28 heavy (non-hydrogen) atoms. The summed E-state index contributed by atoms with van der Waals surface area (Å²) >= 11 is 3.16. The van der Waals surface area contributed by atoms with E-state index in [1.807, 2.05) is 5.38 Å². The zero-order valence-electron chi connectivity index (χ0n) is 17.3. The highest BCUT2D eigenvalue weighted by Crippen LogP contribution is 2.33. The molecule has 0 aliphatic heterocycles. The van der Waals surface area contributed by atoms with Gasteiger partial charge in [0, 0.05) is 23.2 Å². The largest absolute Gasteiger partial charge is 0.303 e. The van der Waals surface area contributed by atoms with E-state index in [1.165, 1.54) is 5.56 Å². The summed E-state index contributed by atoms with van der Waals surface area (Å²) in [6.07, 6.45) is 0. The van der Waals surface area contributed by atoms with Crippen molar-refractivity contribution in [1.82, 2.24) is 14.9 Å². The van der Waals surface area contributed by atoms with Gasteiger partial charge < -0.3 is 9.88 Å². The smallest absolute Gasteiger partial charge is 0.260 e. The first-order chi connectivity index (χ1) is 13.3. The van der Waals surface area contributed by atoms with Crippen LogP contribution in [-0.4, -0.2) is 40.3 Å². The Hall–Kier alpha value is -1.63. The highest BCUT2D eigenvalue weighted by molar-refractivity contribution is 7.99.